The average molecular weight is 130 g/mol. The first-order valence-electron chi connectivity index (χ1n) is 1.41. The number of aliphatic hydroxyl groups is 1. The lowest BCUT2D eigenvalue weighted by atomic mass is 10.7. The van der Waals surface area contributed by atoms with Gasteiger partial charge in [0.1, 0.15) is 6.23 Å². The van der Waals surface area contributed by atoms with Crippen molar-refractivity contribution in [2.24, 2.45) is 0 Å². The van der Waals surface area contributed by atoms with Crippen LogP contribution in [0.1, 0.15) is 0 Å². The van der Waals surface area contributed by atoms with Gasteiger partial charge in [-0.2, -0.15) is 0 Å². The maximum absolute atomic E-state index is 8.29. The molecule has 0 spiro atoms. The standard InChI is InChI=1S/C2H5Cl2NO/c3-1-2(6)5-4/h2,5-6H,1H2. The van der Waals surface area contributed by atoms with Crippen molar-refractivity contribution < 1.29 is 5.11 Å². The molecule has 0 amide bonds. The van der Waals surface area contributed by atoms with Crippen LogP contribution < -0.4 is 4.84 Å². The van der Waals surface area contributed by atoms with Crippen LogP contribution in [0.4, 0.5) is 0 Å². The van der Waals surface area contributed by atoms with Crippen LogP contribution in [0, 0.1) is 0 Å². The predicted molar refractivity (Wildman–Crippen MR) is 25.7 cm³/mol. The minimum Gasteiger partial charge on any atom is -0.376 e. The van der Waals surface area contributed by atoms with Gasteiger partial charge in [0, 0.05) is 0 Å². The highest BCUT2D eigenvalue weighted by Crippen LogP contribution is 1.80. The van der Waals surface area contributed by atoms with E-state index in [4.69, 9.17) is 28.5 Å². The molecule has 0 aromatic carbocycles. The first-order chi connectivity index (χ1) is 2.81. The third-order valence-electron chi connectivity index (χ3n) is 0.272. The van der Waals surface area contributed by atoms with E-state index >= 15 is 0 Å². The summed E-state index contributed by atoms with van der Waals surface area (Å²) in [5.41, 5.74) is 0. The molecule has 0 radical (unpaired) electrons. The second-order valence-corrected chi connectivity index (χ2v) is 1.31. The van der Waals surface area contributed by atoms with Crippen LogP contribution in [-0.2, 0) is 0 Å². The number of rotatable bonds is 2. The molecule has 0 aromatic heterocycles. The maximum Gasteiger partial charge on any atom is 0.131 e. The van der Waals surface area contributed by atoms with E-state index < -0.39 is 6.23 Å². The van der Waals surface area contributed by atoms with E-state index in [0.717, 1.165) is 0 Å². The Bertz CT molecular complexity index is 30.7. The molecule has 4 heteroatoms. The average Bonchev–Trinajstić information content (AvgIpc) is 1.65. The summed E-state index contributed by atoms with van der Waals surface area (Å²) in [5, 5.41) is 8.29. The second-order valence-electron chi connectivity index (χ2n) is 0.779. The summed E-state index contributed by atoms with van der Waals surface area (Å²) in [4.78, 5) is 2.01. The highest BCUT2D eigenvalue weighted by Gasteiger charge is 1.92. The van der Waals surface area contributed by atoms with Crippen LogP contribution in [0.15, 0.2) is 0 Å². The Hall–Kier alpha value is 0.500. The summed E-state index contributed by atoms with van der Waals surface area (Å²) < 4.78 is 0. The number of nitrogens with one attached hydrogen (secondary N) is 1. The van der Waals surface area contributed by atoms with Crippen LogP contribution in [0.25, 0.3) is 0 Å². The summed E-state index contributed by atoms with van der Waals surface area (Å²) in [6, 6.07) is 0. The van der Waals surface area contributed by atoms with E-state index in [2.05, 4.69) is 0 Å². The first-order valence-corrected chi connectivity index (χ1v) is 2.32. The summed E-state index contributed by atoms with van der Waals surface area (Å²) in [5.74, 6) is 0.115. The van der Waals surface area contributed by atoms with Crippen LogP contribution in [-0.4, -0.2) is 17.2 Å². The molecule has 0 saturated carbocycles. The van der Waals surface area contributed by atoms with E-state index in [1.165, 1.54) is 0 Å². The zero-order valence-corrected chi connectivity index (χ0v) is 4.50. The van der Waals surface area contributed by atoms with Crippen molar-refractivity contribution >= 4 is 23.4 Å². The monoisotopic (exact) mass is 129 g/mol. The molecule has 1 unspecified atom stereocenters. The van der Waals surface area contributed by atoms with E-state index in [1.807, 2.05) is 4.84 Å². The van der Waals surface area contributed by atoms with Gasteiger partial charge in [0.25, 0.3) is 0 Å². The molecule has 0 saturated heterocycles. The topological polar surface area (TPSA) is 32.3 Å². The molecule has 0 fully saturated rings. The Morgan fingerprint density at radius 1 is 1.83 bits per heavy atom. The molecule has 0 aromatic rings. The molecular weight excluding hydrogens is 125 g/mol. The maximum atomic E-state index is 8.29. The number of hydrogen-bond acceptors (Lipinski definition) is 2. The van der Waals surface area contributed by atoms with Crippen molar-refractivity contribution in [3.63, 3.8) is 0 Å². The number of aliphatic hydroxyl groups excluding tert-OH is 1. The zero-order chi connectivity index (χ0) is 4.99. The van der Waals surface area contributed by atoms with Crippen molar-refractivity contribution in [3.05, 3.63) is 0 Å². The van der Waals surface area contributed by atoms with Gasteiger partial charge < -0.3 is 5.11 Å². The fourth-order valence-corrected chi connectivity index (χ4v) is 0.262. The smallest absolute Gasteiger partial charge is 0.131 e. The Morgan fingerprint density at radius 3 is 2.33 bits per heavy atom. The zero-order valence-electron chi connectivity index (χ0n) is 2.99. The molecule has 0 heterocycles. The Kier molecular flexibility index (Phi) is 3.99. The number of hydrogen-bond donors (Lipinski definition) is 2. The van der Waals surface area contributed by atoms with Crippen LogP contribution in [0.2, 0.25) is 0 Å². The highest BCUT2D eigenvalue weighted by atomic mass is 35.5. The van der Waals surface area contributed by atoms with E-state index in [0.29, 0.717) is 0 Å². The lowest BCUT2D eigenvalue weighted by Crippen LogP contribution is -2.20. The van der Waals surface area contributed by atoms with Gasteiger partial charge in [0.05, 0.1) is 5.88 Å². The molecule has 2 N–H and O–H groups in total. The van der Waals surface area contributed by atoms with Crippen molar-refractivity contribution in [1.82, 2.24) is 4.84 Å². The van der Waals surface area contributed by atoms with Gasteiger partial charge in [0.15, 0.2) is 0 Å². The Morgan fingerprint density at radius 2 is 2.33 bits per heavy atom. The molecular formula is C2H5Cl2NO. The SMILES string of the molecule is OC(CCl)NCl. The molecule has 1 atom stereocenters. The molecule has 6 heavy (non-hydrogen) atoms. The van der Waals surface area contributed by atoms with Crippen molar-refractivity contribution in [2.75, 3.05) is 5.88 Å². The Balaban J connectivity index is 2.75. The molecule has 2 nitrogen and oxygen atoms in total. The van der Waals surface area contributed by atoms with Crippen molar-refractivity contribution in [1.29, 1.82) is 0 Å². The third-order valence-corrected chi connectivity index (χ3v) is 0.816. The Labute approximate surface area is 46.2 Å². The van der Waals surface area contributed by atoms with Crippen molar-refractivity contribution in [2.45, 2.75) is 6.23 Å². The van der Waals surface area contributed by atoms with Gasteiger partial charge in [-0.3, -0.25) is 0 Å². The predicted octanol–water partition coefficient (Wildman–Crippen LogP) is 0.287. The molecule has 0 aliphatic rings. The molecule has 0 bridgehead atoms. The van der Waals surface area contributed by atoms with Crippen molar-refractivity contribution in [3.8, 4) is 0 Å². The normalized spacial score (nSPS) is 14.5. The van der Waals surface area contributed by atoms with Gasteiger partial charge >= 0.3 is 0 Å². The minimum absolute atomic E-state index is 0.115. The molecule has 0 aliphatic carbocycles. The van der Waals surface area contributed by atoms with Gasteiger partial charge in [-0.05, 0) is 11.8 Å². The van der Waals surface area contributed by atoms with E-state index in [1.54, 1.807) is 0 Å². The molecule has 0 rings (SSSR count). The fraction of sp³-hybridized carbons (Fsp3) is 1.00. The summed E-state index contributed by atoms with van der Waals surface area (Å²) in [6.07, 6.45) is -0.784. The van der Waals surface area contributed by atoms with Gasteiger partial charge in [-0.15, -0.1) is 11.6 Å². The fourth-order valence-electron chi connectivity index (χ4n) is 0.0292. The van der Waals surface area contributed by atoms with Crippen LogP contribution >= 0.6 is 23.4 Å². The number of halogens is 2. The summed E-state index contributed by atoms with van der Waals surface area (Å²) in [6.45, 7) is 0. The van der Waals surface area contributed by atoms with Gasteiger partial charge in [0.2, 0.25) is 0 Å². The lowest BCUT2D eigenvalue weighted by molar-refractivity contribution is 0.188. The molecule has 0 aliphatic heterocycles. The quantitative estimate of drug-likeness (QED) is 0.319. The second kappa shape index (κ2) is 3.68. The van der Waals surface area contributed by atoms with Gasteiger partial charge in [-0.1, -0.05) is 0 Å². The van der Waals surface area contributed by atoms with E-state index in [9.17, 15) is 0 Å². The third kappa shape index (κ3) is 2.72. The highest BCUT2D eigenvalue weighted by molar-refractivity contribution is 6.19. The van der Waals surface area contributed by atoms with E-state index in [-0.39, 0.29) is 5.88 Å². The van der Waals surface area contributed by atoms with Crippen LogP contribution in [0.5, 0.6) is 0 Å². The van der Waals surface area contributed by atoms with Crippen LogP contribution in [0.3, 0.4) is 0 Å². The minimum atomic E-state index is -0.784. The summed E-state index contributed by atoms with van der Waals surface area (Å²) >= 11 is 9.92. The number of alkyl halides is 1. The first kappa shape index (κ1) is 6.50. The molecule has 38 valence electrons. The lowest BCUT2D eigenvalue weighted by Gasteiger charge is -1.97. The van der Waals surface area contributed by atoms with Gasteiger partial charge in [-0.25, -0.2) is 4.84 Å². The largest absolute Gasteiger partial charge is 0.376 e. The summed E-state index contributed by atoms with van der Waals surface area (Å²) in [7, 11) is 0.